The van der Waals surface area contributed by atoms with Crippen molar-refractivity contribution in [2.45, 2.75) is 90.1 Å². The molecule has 1 aliphatic carbocycles. The Kier molecular flexibility index (Phi) is 9.56. The largest absolute Gasteiger partial charge is 0.426 e. The summed E-state index contributed by atoms with van der Waals surface area (Å²) in [5, 5.41) is 0. The minimum atomic E-state index is -5.15. The Balaban J connectivity index is 1.71. The molecule has 0 N–H and O–H groups in total. The summed E-state index contributed by atoms with van der Waals surface area (Å²) in [5.41, 5.74) is -1.98. The monoisotopic (exact) mass is 434 g/mol. The molecular formula is C23H31F5O2. The van der Waals surface area contributed by atoms with E-state index in [0.29, 0.717) is 24.5 Å². The number of hydrogen-bond acceptors (Lipinski definition) is 2. The van der Waals surface area contributed by atoms with Crippen molar-refractivity contribution in [3.05, 3.63) is 29.3 Å². The Bertz CT molecular complexity index is 656. The van der Waals surface area contributed by atoms with E-state index in [0.717, 1.165) is 31.6 Å². The Labute approximate surface area is 175 Å². The summed E-state index contributed by atoms with van der Waals surface area (Å²) in [7, 11) is 0. The Morgan fingerprint density at radius 2 is 1.47 bits per heavy atom. The fourth-order valence-corrected chi connectivity index (χ4v) is 4.23. The zero-order chi connectivity index (χ0) is 22.1. The van der Waals surface area contributed by atoms with E-state index >= 15 is 0 Å². The number of halogens is 5. The van der Waals surface area contributed by atoms with Crippen LogP contribution >= 0.6 is 0 Å². The van der Waals surface area contributed by atoms with Crippen LogP contribution in [0.5, 0.6) is 5.75 Å². The summed E-state index contributed by atoms with van der Waals surface area (Å²) in [4.78, 5) is 12.0. The van der Waals surface area contributed by atoms with Crippen molar-refractivity contribution >= 4 is 5.97 Å². The van der Waals surface area contributed by atoms with Crippen LogP contribution in [0.1, 0.15) is 89.5 Å². The molecule has 0 aliphatic heterocycles. The first-order chi connectivity index (χ1) is 14.2. The van der Waals surface area contributed by atoms with E-state index in [1.165, 1.54) is 38.5 Å². The second kappa shape index (κ2) is 11.7. The molecule has 0 aromatic heterocycles. The summed E-state index contributed by atoms with van der Waals surface area (Å²) in [6.07, 6.45) is 7.66. The zero-order valence-corrected chi connectivity index (χ0v) is 17.5. The minimum Gasteiger partial charge on any atom is -0.426 e. The third kappa shape index (κ3) is 7.88. The smallest absolute Gasteiger partial charge is 0.422 e. The first-order valence-corrected chi connectivity index (χ1v) is 11.0. The van der Waals surface area contributed by atoms with Crippen molar-refractivity contribution in [2.24, 2.45) is 11.8 Å². The number of rotatable bonds is 10. The van der Waals surface area contributed by atoms with Crippen LogP contribution in [0.15, 0.2) is 12.1 Å². The van der Waals surface area contributed by atoms with Gasteiger partial charge in [-0.15, -0.1) is 0 Å². The van der Waals surface area contributed by atoms with Crippen molar-refractivity contribution < 1.29 is 31.5 Å². The predicted molar refractivity (Wildman–Crippen MR) is 105 cm³/mol. The summed E-state index contributed by atoms with van der Waals surface area (Å²) in [6.45, 7) is 2.21. The molecule has 0 bridgehead atoms. The molecule has 0 atom stereocenters. The van der Waals surface area contributed by atoms with Gasteiger partial charge in [-0.25, -0.2) is 8.78 Å². The lowest BCUT2D eigenvalue weighted by Crippen LogP contribution is -2.17. The number of carbonyl (C=O) groups is 1. The van der Waals surface area contributed by atoms with Crippen molar-refractivity contribution in [1.29, 1.82) is 0 Å². The molecule has 0 unspecified atom stereocenters. The lowest BCUT2D eigenvalue weighted by Gasteiger charge is -2.28. The highest BCUT2D eigenvalue weighted by Crippen LogP contribution is 2.36. The quantitative estimate of drug-likeness (QED) is 0.162. The third-order valence-electron chi connectivity index (χ3n) is 5.97. The van der Waals surface area contributed by atoms with Crippen LogP contribution in [-0.2, 0) is 11.0 Å². The molecule has 1 saturated carbocycles. The second-order valence-corrected chi connectivity index (χ2v) is 8.36. The molecular weight excluding hydrogens is 403 g/mol. The molecule has 1 fully saturated rings. The van der Waals surface area contributed by atoms with Gasteiger partial charge < -0.3 is 4.74 Å². The summed E-state index contributed by atoms with van der Waals surface area (Å²) < 4.78 is 69.8. The van der Waals surface area contributed by atoms with Gasteiger partial charge in [-0.05, 0) is 18.3 Å². The van der Waals surface area contributed by atoms with E-state index in [1.807, 2.05) is 0 Å². The first-order valence-electron chi connectivity index (χ1n) is 11.0. The predicted octanol–water partition coefficient (Wildman–Crippen LogP) is 7.84. The van der Waals surface area contributed by atoms with Gasteiger partial charge in [-0.2, -0.15) is 13.2 Å². The van der Waals surface area contributed by atoms with Crippen molar-refractivity contribution in [2.75, 3.05) is 0 Å². The summed E-state index contributed by atoms with van der Waals surface area (Å²) >= 11 is 0. The van der Waals surface area contributed by atoms with Crippen LogP contribution in [0, 0.1) is 23.5 Å². The van der Waals surface area contributed by atoms with Gasteiger partial charge in [0.1, 0.15) is 22.9 Å². The average Bonchev–Trinajstić information content (AvgIpc) is 2.65. The minimum absolute atomic E-state index is 0.0800. The van der Waals surface area contributed by atoms with E-state index in [-0.39, 0.29) is 6.42 Å². The van der Waals surface area contributed by atoms with Crippen molar-refractivity contribution in [3.63, 3.8) is 0 Å². The van der Waals surface area contributed by atoms with Gasteiger partial charge in [0.15, 0.2) is 0 Å². The molecule has 30 heavy (non-hydrogen) atoms. The Morgan fingerprint density at radius 1 is 0.933 bits per heavy atom. The molecule has 1 aliphatic rings. The van der Waals surface area contributed by atoms with E-state index in [1.54, 1.807) is 0 Å². The number of alkyl halides is 3. The summed E-state index contributed by atoms with van der Waals surface area (Å²) in [6, 6.07) is 0.797. The van der Waals surface area contributed by atoms with Crippen LogP contribution in [0.3, 0.4) is 0 Å². The highest BCUT2D eigenvalue weighted by Gasteiger charge is 2.38. The average molecular weight is 434 g/mol. The van der Waals surface area contributed by atoms with Crippen molar-refractivity contribution in [3.8, 4) is 5.75 Å². The van der Waals surface area contributed by atoms with Gasteiger partial charge in [0.2, 0.25) is 0 Å². The van der Waals surface area contributed by atoms with Gasteiger partial charge >= 0.3 is 12.1 Å². The van der Waals surface area contributed by atoms with Crippen LogP contribution in [-0.4, -0.2) is 5.97 Å². The maximum Gasteiger partial charge on any atom is 0.422 e. The first kappa shape index (κ1) is 24.6. The fourth-order valence-electron chi connectivity index (χ4n) is 4.23. The van der Waals surface area contributed by atoms with E-state index in [4.69, 9.17) is 4.74 Å². The lowest BCUT2D eigenvalue weighted by molar-refractivity contribution is -0.142. The second-order valence-electron chi connectivity index (χ2n) is 8.36. The third-order valence-corrected chi connectivity index (χ3v) is 5.97. The highest BCUT2D eigenvalue weighted by molar-refractivity contribution is 5.72. The highest BCUT2D eigenvalue weighted by atomic mass is 19.4. The molecule has 0 amide bonds. The van der Waals surface area contributed by atoms with Gasteiger partial charge in [0, 0.05) is 18.6 Å². The summed E-state index contributed by atoms with van der Waals surface area (Å²) in [5.74, 6) is -3.65. The number of benzene rings is 1. The lowest BCUT2D eigenvalue weighted by atomic mass is 9.78. The van der Waals surface area contributed by atoms with Crippen LogP contribution in [0.25, 0.3) is 0 Å². The number of ether oxygens (including phenoxy) is 1. The van der Waals surface area contributed by atoms with E-state index in [2.05, 4.69) is 6.92 Å². The topological polar surface area (TPSA) is 26.3 Å². The molecule has 0 radical (unpaired) electrons. The standard InChI is InChI=1S/C23H31F5O2/c1-2-3-4-5-6-7-16-8-10-17(11-9-16)12-13-21(29)30-18-14-19(24)22(20(25)15-18)23(26,27)28/h14-17H,2-13H2,1H3. The SMILES string of the molecule is CCCCCCCC1CCC(CCC(=O)Oc2cc(F)c(C(F)(F)F)c(F)c2)CC1. The van der Waals surface area contributed by atoms with Gasteiger partial charge in [-0.3, -0.25) is 4.79 Å². The molecule has 1 aromatic carbocycles. The van der Waals surface area contributed by atoms with Gasteiger partial charge in [0.05, 0.1) is 0 Å². The molecule has 2 nitrogen and oxygen atoms in total. The zero-order valence-electron chi connectivity index (χ0n) is 17.5. The van der Waals surface area contributed by atoms with E-state index < -0.39 is 35.1 Å². The maximum absolute atomic E-state index is 13.6. The fraction of sp³-hybridized carbons (Fsp3) is 0.696. The van der Waals surface area contributed by atoms with Gasteiger partial charge in [-0.1, -0.05) is 71.1 Å². The molecule has 7 heteroatoms. The maximum atomic E-state index is 13.6. The van der Waals surface area contributed by atoms with Crippen LogP contribution in [0.4, 0.5) is 22.0 Å². The van der Waals surface area contributed by atoms with Gasteiger partial charge in [0.25, 0.3) is 0 Å². The number of esters is 1. The van der Waals surface area contributed by atoms with Crippen molar-refractivity contribution in [1.82, 2.24) is 0 Å². The van der Waals surface area contributed by atoms with Crippen LogP contribution in [0.2, 0.25) is 0 Å². The number of unbranched alkanes of at least 4 members (excludes halogenated alkanes) is 4. The Morgan fingerprint density at radius 3 is 2.00 bits per heavy atom. The molecule has 2 rings (SSSR count). The molecule has 1 aromatic rings. The normalized spacial score (nSPS) is 19.7. The molecule has 0 heterocycles. The van der Waals surface area contributed by atoms with E-state index in [9.17, 15) is 26.7 Å². The Hall–Kier alpha value is -1.66. The number of hydrogen-bond donors (Lipinski definition) is 0. The molecule has 0 saturated heterocycles. The molecule has 0 spiro atoms. The number of carbonyl (C=O) groups excluding carboxylic acids is 1. The van der Waals surface area contributed by atoms with Crippen LogP contribution < -0.4 is 4.74 Å². The molecule has 170 valence electrons.